The molecule has 0 aromatic rings. The SMILES string of the molecule is CCCC1CCCCN1C1CC(C)CCC1NC. The van der Waals surface area contributed by atoms with E-state index in [0.29, 0.717) is 0 Å². The summed E-state index contributed by atoms with van der Waals surface area (Å²) in [6.07, 6.45) is 11.2. The number of piperidine rings is 1. The van der Waals surface area contributed by atoms with E-state index in [2.05, 4.69) is 31.1 Å². The van der Waals surface area contributed by atoms with Crippen molar-refractivity contribution in [2.24, 2.45) is 5.92 Å². The van der Waals surface area contributed by atoms with Gasteiger partial charge in [-0.2, -0.15) is 0 Å². The van der Waals surface area contributed by atoms with Crippen LogP contribution in [0.15, 0.2) is 0 Å². The third kappa shape index (κ3) is 3.27. The Morgan fingerprint density at radius 1 is 1.17 bits per heavy atom. The molecule has 1 heterocycles. The smallest absolute Gasteiger partial charge is 0.0254 e. The molecule has 0 radical (unpaired) electrons. The van der Waals surface area contributed by atoms with Crippen molar-refractivity contribution in [3.05, 3.63) is 0 Å². The highest BCUT2D eigenvalue weighted by Crippen LogP contribution is 2.32. The number of nitrogens with zero attached hydrogens (tertiary/aromatic N) is 1. The Balaban J connectivity index is 2.04. The summed E-state index contributed by atoms with van der Waals surface area (Å²) in [7, 11) is 2.16. The Kier molecular flexibility index (Phi) is 5.50. The fourth-order valence-corrected chi connectivity index (χ4v) is 4.16. The molecule has 0 aromatic carbocycles. The van der Waals surface area contributed by atoms with Gasteiger partial charge in [0.15, 0.2) is 0 Å². The monoisotopic (exact) mass is 252 g/mol. The first kappa shape index (κ1) is 14.3. The van der Waals surface area contributed by atoms with Gasteiger partial charge in [0.2, 0.25) is 0 Å². The van der Waals surface area contributed by atoms with Gasteiger partial charge in [-0.1, -0.05) is 26.7 Å². The predicted octanol–water partition coefficient (Wildman–Crippen LogP) is 3.42. The van der Waals surface area contributed by atoms with Crippen molar-refractivity contribution < 1.29 is 0 Å². The van der Waals surface area contributed by atoms with Crippen LogP contribution < -0.4 is 5.32 Å². The normalized spacial score (nSPS) is 38.8. The van der Waals surface area contributed by atoms with Gasteiger partial charge < -0.3 is 5.32 Å². The first-order chi connectivity index (χ1) is 8.76. The summed E-state index contributed by atoms with van der Waals surface area (Å²) in [6, 6.07) is 2.41. The largest absolute Gasteiger partial charge is 0.315 e. The molecule has 1 saturated carbocycles. The molecule has 106 valence electrons. The zero-order valence-electron chi connectivity index (χ0n) is 12.6. The Bertz CT molecular complexity index is 239. The minimum Gasteiger partial charge on any atom is -0.315 e. The number of likely N-dealkylation sites (N-methyl/N-ethyl adjacent to an activating group) is 1. The molecule has 2 heteroatoms. The fourth-order valence-electron chi connectivity index (χ4n) is 4.16. The number of nitrogens with one attached hydrogen (secondary N) is 1. The number of rotatable bonds is 4. The van der Waals surface area contributed by atoms with Crippen LogP contribution in [0.4, 0.5) is 0 Å². The first-order valence-electron chi connectivity index (χ1n) is 8.19. The third-order valence-electron chi connectivity index (χ3n) is 5.17. The summed E-state index contributed by atoms with van der Waals surface area (Å²) in [5, 5.41) is 3.59. The van der Waals surface area contributed by atoms with E-state index in [1.807, 2.05) is 0 Å². The third-order valence-corrected chi connectivity index (χ3v) is 5.17. The quantitative estimate of drug-likeness (QED) is 0.825. The van der Waals surface area contributed by atoms with Crippen LogP contribution in [-0.4, -0.2) is 36.6 Å². The van der Waals surface area contributed by atoms with Crippen molar-refractivity contribution in [2.45, 2.75) is 83.3 Å². The summed E-state index contributed by atoms with van der Waals surface area (Å²) in [5.74, 6) is 0.920. The van der Waals surface area contributed by atoms with Gasteiger partial charge in [-0.3, -0.25) is 4.90 Å². The lowest BCUT2D eigenvalue weighted by molar-refractivity contribution is 0.0375. The number of hydrogen-bond acceptors (Lipinski definition) is 2. The lowest BCUT2D eigenvalue weighted by atomic mass is 9.80. The van der Waals surface area contributed by atoms with Crippen molar-refractivity contribution in [1.29, 1.82) is 0 Å². The summed E-state index contributed by atoms with van der Waals surface area (Å²) >= 11 is 0. The van der Waals surface area contributed by atoms with Gasteiger partial charge >= 0.3 is 0 Å². The van der Waals surface area contributed by atoms with Gasteiger partial charge in [0, 0.05) is 18.1 Å². The topological polar surface area (TPSA) is 15.3 Å². The Morgan fingerprint density at radius 2 is 2.00 bits per heavy atom. The maximum absolute atomic E-state index is 3.59. The van der Waals surface area contributed by atoms with E-state index in [-0.39, 0.29) is 0 Å². The molecule has 1 aliphatic carbocycles. The molecule has 0 amide bonds. The molecule has 1 saturated heterocycles. The Labute approximate surface area is 114 Å². The van der Waals surface area contributed by atoms with Crippen LogP contribution >= 0.6 is 0 Å². The van der Waals surface area contributed by atoms with Crippen molar-refractivity contribution in [1.82, 2.24) is 10.2 Å². The van der Waals surface area contributed by atoms with Crippen LogP contribution in [0, 0.1) is 5.92 Å². The van der Waals surface area contributed by atoms with E-state index >= 15 is 0 Å². The van der Waals surface area contributed by atoms with E-state index in [9.17, 15) is 0 Å². The summed E-state index contributed by atoms with van der Waals surface area (Å²) in [4.78, 5) is 2.88. The van der Waals surface area contributed by atoms with E-state index in [1.54, 1.807) is 0 Å². The maximum atomic E-state index is 3.59. The maximum Gasteiger partial charge on any atom is 0.0254 e. The molecule has 18 heavy (non-hydrogen) atoms. The second kappa shape index (κ2) is 6.91. The average molecular weight is 252 g/mol. The summed E-state index contributed by atoms with van der Waals surface area (Å²) in [6.45, 7) is 6.13. The minimum absolute atomic E-state index is 0.735. The van der Waals surface area contributed by atoms with Gasteiger partial charge in [-0.15, -0.1) is 0 Å². The van der Waals surface area contributed by atoms with Crippen molar-refractivity contribution in [2.75, 3.05) is 13.6 Å². The first-order valence-corrected chi connectivity index (χ1v) is 8.19. The second-order valence-corrected chi connectivity index (χ2v) is 6.56. The van der Waals surface area contributed by atoms with Crippen molar-refractivity contribution in [3.63, 3.8) is 0 Å². The fraction of sp³-hybridized carbons (Fsp3) is 1.00. The average Bonchev–Trinajstić information content (AvgIpc) is 2.40. The van der Waals surface area contributed by atoms with E-state index in [4.69, 9.17) is 0 Å². The molecule has 1 aliphatic heterocycles. The predicted molar refractivity (Wildman–Crippen MR) is 78.9 cm³/mol. The van der Waals surface area contributed by atoms with Crippen molar-refractivity contribution in [3.8, 4) is 0 Å². The molecular formula is C16H32N2. The zero-order valence-corrected chi connectivity index (χ0v) is 12.6. The van der Waals surface area contributed by atoms with Crippen LogP contribution in [0.3, 0.4) is 0 Å². The van der Waals surface area contributed by atoms with E-state index in [0.717, 1.165) is 24.0 Å². The van der Waals surface area contributed by atoms with Crippen LogP contribution in [0.25, 0.3) is 0 Å². The zero-order chi connectivity index (χ0) is 13.0. The standard InChI is InChI=1S/C16H32N2/c1-4-7-14-8-5-6-11-18(14)16-12-13(2)9-10-15(16)17-3/h13-17H,4-12H2,1-3H3. The molecule has 2 aliphatic rings. The molecule has 4 unspecified atom stereocenters. The summed E-state index contributed by atoms with van der Waals surface area (Å²) < 4.78 is 0. The van der Waals surface area contributed by atoms with Gasteiger partial charge in [-0.25, -0.2) is 0 Å². The Hall–Kier alpha value is -0.0800. The molecule has 0 bridgehead atoms. The van der Waals surface area contributed by atoms with E-state index in [1.165, 1.54) is 57.9 Å². The van der Waals surface area contributed by atoms with E-state index < -0.39 is 0 Å². The number of hydrogen-bond donors (Lipinski definition) is 1. The van der Waals surface area contributed by atoms with Crippen LogP contribution in [0.5, 0.6) is 0 Å². The molecule has 2 nitrogen and oxygen atoms in total. The van der Waals surface area contributed by atoms with Gasteiger partial charge in [-0.05, 0) is 58.0 Å². The highest BCUT2D eigenvalue weighted by atomic mass is 15.2. The Morgan fingerprint density at radius 3 is 2.72 bits per heavy atom. The molecule has 2 fully saturated rings. The minimum atomic E-state index is 0.735. The molecule has 1 N–H and O–H groups in total. The molecule has 2 rings (SSSR count). The lowest BCUT2D eigenvalue weighted by Gasteiger charge is -2.47. The number of likely N-dealkylation sites (tertiary alicyclic amines) is 1. The van der Waals surface area contributed by atoms with Crippen LogP contribution in [-0.2, 0) is 0 Å². The molecular weight excluding hydrogens is 220 g/mol. The summed E-state index contributed by atoms with van der Waals surface area (Å²) in [5.41, 5.74) is 0. The van der Waals surface area contributed by atoms with Gasteiger partial charge in [0.05, 0.1) is 0 Å². The highest BCUT2D eigenvalue weighted by molar-refractivity contribution is 4.93. The highest BCUT2D eigenvalue weighted by Gasteiger charge is 2.36. The van der Waals surface area contributed by atoms with Gasteiger partial charge in [0.25, 0.3) is 0 Å². The van der Waals surface area contributed by atoms with Gasteiger partial charge in [0.1, 0.15) is 0 Å². The molecule has 0 spiro atoms. The molecule has 4 atom stereocenters. The lowest BCUT2D eigenvalue weighted by Crippen LogP contribution is -2.56. The van der Waals surface area contributed by atoms with Crippen molar-refractivity contribution >= 4 is 0 Å². The van der Waals surface area contributed by atoms with Crippen LogP contribution in [0.2, 0.25) is 0 Å². The molecule has 0 aromatic heterocycles. The second-order valence-electron chi connectivity index (χ2n) is 6.56. The van der Waals surface area contributed by atoms with Crippen LogP contribution in [0.1, 0.15) is 65.2 Å².